The van der Waals surface area contributed by atoms with Gasteiger partial charge in [-0.1, -0.05) is 18.2 Å². The smallest absolute Gasteiger partial charge is 0.263 e. The fourth-order valence-corrected chi connectivity index (χ4v) is 3.99. The number of aromatic nitrogens is 3. The molecule has 1 aromatic carbocycles. The van der Waals surface area contributed by atoms with Crippen molar-refractivity contribution in [3.63, 3.8) is 0 Å². The number of hydrogen-bond acceptors (Lipinski definition) is 5. The van der Waals surface area contributed by atoms with Crippen molar-refractivity contribution in [2.75, 3.05) is 5.32 Å². The lowest BCUT2D eigenvalue weighted by molar-refractivity contribution is -0.116. The van der Waals surface area contributed by atoms with Crippen LogP contribution in [-0.4, -0.2) is 20.4 Å². The summed E-state index contributed by atoms with van der Waals surface area (Å²) >= 11 is 1.39. The number of halogens is 1. The van der Waals surface area contributed by atoms with Crippen LogP contribution in [0.25, 0.3) is 21.3 Å². The van der Waals surface area contributed by atoms with Gasteiger partial charge in [-0.15, -0.1) is 11.3 Å². The third-order valence-corrected chi connectivity index (χ3v) is 5.25. The lowest BCUT2D eigenvalue weighted by atomic mass is 10.0. The van der Waals surface area contributed by atoms with Gasteiger partial charge in [-0.25, -0.2) is 14.4 Å². The zero-order chi connectivity index (χ0) is 19.7. The van der Waals surface area contributed by atoms with E-state index in [1.165, 1.54) is 34.4 Å². The van der Waals surface area contributed by atoms with Crippen molar-refractivity contribution in [3.8, 4) is 11.1 Å². The van der Waals surface area contributed by atoms with Crippen molar-refractivity contribution < 1.29 is 9.18 Å². The molecule has 0 spiro atoms. The van der Waals surface area contributed by atoms with Crippen LogP contribution in [0.2, 0.25) is 0 Å². The fraction of sp³-hybridized carbons (Fsp3) is 0.100. The lowest BCUT2D eigenvalue weighted by Gasteiger charge is -2.07. The van der Waals surface area contributed by atoms with Crippen molar-refractivity contribution in [2.24, 2.45) is 0 Å². The molecule has 0 aliphatic heterocycles. The molecule has 3 heterocycles. The Morgan fingerprint density at radius 3 is 2.68 bits per heavy atom. The Morgan fingerprint density at radius 1 is 1.18 bits per heavy atom. The van der Waals surface area contributed by atoms with Crippen LogP contribution in [0.4, 0.5) is 10.2 Å². The number of anilines is 1. The minimum Gasteiger partial charge on any atom is -0.309 e. The first-order chi connectivity index (χ1) is 13.5. The summed E-state index contributed by atoms with van der Waals surface area (Å²) < 4.78 is 14.5. The highest BCUT2D eigenvalue weighted by atomic mass is 32.1. The number of carbonyl (C=O) groups excluding carboxylic acids is 1. The number of amides is 1. The van der Waals surface area contributed by atoms with E-state index in [9.17, 15) is 14.0 Å². The molecule has 1 amide bonds. The number of hydrogen-bond donors (Lipinski definition) is 1. The standard InChI is InChI=1S/C20H15FN4O2S/c1-12-17(13-5-7-14(21)8-6-13)18-19(28-12)23-11-25(20(18)27)10-16(26)24-15-4-2-3-9-22-15/h2-9,11H,10H2,1H3,(H,22,24,26). The number of benzene rings is 1. The molecule has 3 aromatic heterocycles. The molecule has 6 nitrogen and oxygen atoms in total. The van der Waals surface area contributed by atoms with Crippen LogP contribution in [0.5, 0.6) is 0 Å². The Hall–Kier alpha value is -3.39. The topological polar surface area (TPSA) is 76.9 Å². The van der Waals surface area contributed by atoms with E-state index >= 15 is 0 Å². The average molecular weight is 394 g/mol. The van der Waals surface area contributed by atoms with Crippen LogP contribution in [0.3, 0.4) is 0 Å². The molecular weight excluding hydrogens is 379 g/mol. The van der Waals surface area contributed by atoms with Crippen molar-refractivity contribution in [2.45, 2.75) is 13.5 Å². The zero-order valence-electron chi connectivity index (χ0n) is 14.8. The van der Waals surface area contributed by atoms with Crippen LogP contribution >= 0.6 is 11.3 Å². The first-order valence-corrected chi connectivity index (χ1v) is 9.30. The van der Waals surface area contributed by atoms with Gasteiger partial charge in [0.15, 0.2) is 0 Å². The molecule has 8 heteroatoms. The summed E-state index contributed by atoms with van der Waals surface area (Å²) in [6.07, 6.45) is 2.94. The highest BCUT2D eigenvalue weighted by Crippen LogP contribution is 2.35. The molecule has 4 aromatic rings. The summed E-state index contributed by atoms with van der Waals surface area (Å²) in [5.74, 6) is -0.312. The number of fused-ring (bicyclic) bond motifs is 1. The Labute approximate surface area is 163 Å². The predicted molar refractivity (Wildman–Crippen MR) is 107 cm³/mol. The van der Waals surface area contributed by atoms with Gasteiger partial charge >= 0.3 is 0 Å². The number of thiophene rings is 1. The molecule has 0 unspecified atom stereocenters. The van der Waals surface area contributed by atoms with E-state index in [4.69, 9.17) is 0 Å². The Bertz CT molecular complexity index is 1220. The highest BCUT2D eigenvalue weighted by molar-refractivity contribution is 7.19. The Balaban J connectivity index is 1.72. The largest absolute Gasteiger partial charge is 0.309 e. The molecule has 1 N–H and O–H groups in total. The van der Waals surface area contributed by atoms with E-state index < -0.39 is 0 Å². The van der Waals surface area contributed by atoms with E-state index in [0.29, 0.717) is 16.0 Å². The van der Waals surface area contributed by atoms with Gasteiger partial charge in [0.25, 0.3) is 5.56 Å². The SMILES string of the molecule is Cc1sc2ncn(CC(=O)Nc3ccccn3)c(=O)c2c1-c1ccc(F)cc1. The van der Waals surface area contributed by atoms with Gasteiger partial charge in [0.2, 0.25) is 5.91 Å². The summed E-state index contributed by atoms with van der Waals surface area (Å²) in [4.78, 5) is 35.2. The Morgan fingerprint density at radius 2 is 1.96 bits per heavy atom. The van der Waals surface area contributed by atoms with Crippen LogP contribution in [0.1, 0.15) is 4.88 Å². The van der Waals surface area contributed by atoms with Gasteiger partial charge in [-0.05, 0) is 36.8 Å². The number of pyridine rings is 1. The van der Waals surface area contributed by atoms with Gasteiger partial charge < -0.3 is 5.32 Å². The van der Waals surface area contributed by atoms with Crippen molar-refractivity contribution in [1.29, 1.82) is 0 Å². The molecule has 0 radical (unpaired) electrons. The van der Waals surface area contributed by atoms with Crippen molar-refractivity contribution in [1.82, 2.24) is 14.5 Å². The maximum Gasteiger partial charge on any atom is 0.263 e. The quantitative estimate of drug-likeness (QED) is 0.574. The average Bonchev–Trinajstić information content (AvgIpc) is 3.02. The second-order valence-corrected chi connectivity index (χ2v) is 7.36. The third kappa shape index (κ3) is 3.41. The number of carbonyl (C=O) groups is 1. The molecule has 0 aliphatic rings. The molecule has 0 fully saturated rings. The molecular formula is C20H15FN4O2S. The minimum atomic E-state index is -0.378. The van der Waals surface area contributed by atoms with E-state index in [1.807, 2.05) is 6.92 Å². The molecule has 0 saturated heterocycles. The summed E-state index contributed by atoms with van der Waals surface area (Å²) in [6, 6.07) is 11.1. The minimum absolute atomic E-state index is 0.184. The molecule has 4 rings (SSSR count). The monoisotopic (exact) mass is 394 g/mol. The molecule has 0 atom stereocenters. The van der Waals surface area contributed by atoms with E-state index in [1.54, 1.807) is 36.5 Å². The van der Waals surface area contributed by atoms with Crippen LogP contribution < -0.4 is 10.9 Å². The third-order valence-electron chi connectivity index (χ3n) is 4.23. The molecule has 0 aliphatic carbocycles. The maximum atomic E-state index is 13.3. The second-order valence-electron chi connectivity index (χ2n) is 6.16. The number of nitrogens with zero attached hydrogens (tertiary/aromatic N) is 3. The van der Waals surface area contributed by atoms with Crippen LogP contribution in [0.15, 0.2) is 59.8 Å². The number of rotatable bonds is 4. The van der Waals surface area contributed by atoms with Gasteiger partial charge in [0.1, 0.15) is 23.0 Å². The summed E-state index contributed by atoms with van der Waals surface area (Å²) in [5, 5.41) is 3.08. The van der Waals surface area contributed by atoms with E-state index in [0.717, 1.165) is 16.0 Å². The summed E-state index contributed by atoms with van der Waals surface area (Å²) in [5.41, 5.74) is 1.14. The molecule has 140 valence electrons. The first-order valence-electron chi connectivity index (χ1n) is 8.48. The van der Waals surface area contributed by atoms with Crippen molar-refractivity contribution in [3.05, 3.63) is 76.0 Å². The number of aryl methyl sites for hydroxylation is 1. The van der Waals surface area contributed by atoms with E-state index in [2.05, 4.69) is 15.3 Å². The molecule has 28 heavy (non-hydrogen) atoms. The van der Waals surface area contributed by atoms with Crippen LogP contribution in [0, 0.1) is 12.7 Å². The Kier molecular flexibility index (Phi) is 4.70. The van der Waals surface area contributed by atoms with Gasteiger partial charge in [0, 0.05) is 16.6 Å². The predicted octanol–water partition coefficient (Wildman–Crippen LogP) is 3.61. The fourth-order valence-electron chi connectivity index (χ4n) is 2.99. The highest BCUT2D eigenvalue weighted by Gasteiger charge is 2.18. The van der Waals surface area contributed by atoms with Gasteiger partial charge in [0.05, 0.1) is 11.7 Å². The lowest BCUT2D eigenvalue weighted by Crippen LogP contribution is -2.28. The summed E-state index contributed by atoms with van der Waals surface area (Å²) in [7, 11) is 0. The second kappa shape index (κ2) is 7.32. The number of nitrogens with one attached hydrogen (secondary N) is 1. The van der Waals surface area contributed by atoms with Crippen LogP contribution in [-0.2, 0) is 11.3 Å². The van der Waals surface area contributed by atoms with Gasteiger partial charge in [-0.3, -0.25) is 14.2 Å². The summed E-state index contributed by atoms with van der Waals surface area (Å²) in [6.45, 7) is 1.71. The van der Waals surface area contributed by atoms with E-state index in [-0.39, 0.29) is 23.8 Å². The van der Waals surface area contributed by atoms with Crippen molar-refractivity contribution >= 4 is 33.3 Å². The first kappa shape index (κ1) is 18.0. The van der Waals surface area contributed by atoms with Gasteiger partial charge in [-0.2, -0.15) is 0 Å². The maximum absolute atomic E-state index is 13.3. The zero-order valence-corrected chi connectivity index (χ0v) is 15.7. The normalized spacial score (nSPS) is 10.9. The molecule has 0 saturated carbocycles. The molecule has 0 bridgehead atoms.